The number of benzene rings is 5. The van der Waals surface area contributed by atoms with Crippen molar-refractivity contribution in [3.05, 3.63) is 137 Å². The molecule has 39 heavy (non-hydrogen) atoms. The molecule has 2 nitrogen and oxygen atoms in total. The fourth-order valence-corrected chi connectivity index (χ4v) is 4.74. The Morgan fingerprint density at radius 2 is 1.15 bits per heavy atom. The molecule has 5 heteroatoms. The van der Waals surface area contributed by atoms with Crippen LogP contribution in [-0.2, 0) is 6.18 Å². The number of ketones is 1. The Kier molecular flexibility index (Phi) is 6.83. The fraction of sp³-hybridized carbons (Fsp3) is 0.0882. The molecule has 5 rings (SSSR count). The minimum Gasteiger partial charge on any atom is -0.398 e. The molecule has 0 unspecified atom stereocenters. The van der Waals surface area contributed by atoms with Crippen LogP contribution in [0.3, 0.4) is 0 Å². The van der Waals surface area contributed by atoms with E-state index in [1.807, 2.05) is 86.6 Å². The molecule has 194 valence electrons. The van der Waals surface area contributed by atoms with Crippen molar-refractivity contribution in [3.63, 3.8) is 0 Å². The van der Waals surface area contributed by atoms with E-state index in [2.05, 4.69) is 0 Å². The lowest BCUT2D eigenvalue weighted by Gasteiger charge is -2.21. The van der Waals surface area contributed by atoms with Gasteiger partial charge in [-0.1, -0.05) is 102 Å². The van der Waals surface area contributed by atoms with Crippen molar-refractivity contribution in [1.29, 1.82) is 0 Å². The summed E-state index contributed by atoms with van der Waals surface area (Å²) in [5.41, 5.74) is 13.3. The highest BCUT2D eigenvalue weighted by atomic mass is 19.4. The Morgan fingerprint density at radius 3 is 1.72 bits per heavy atom. The van der Waals surface area contributed by atoms with Gasteiger partial charge in [0.05, 0.1) is 16.8 Å². The van der Waals surface area contributed by atoms with E-state index in [-0.39, 0.29) is 11.5 Å². The first-order valence-corrected chi connectivity index (χ1v) is 12.5. The molecule has 0 bridgehead atoms. The molecule has 0 radical (unpaired) electrons. The van der Waals surface area contributed by atoms with E-state index in [1.165, 1.54) is 12.1 Å². The average Bonchev–Trinajstić information content (AvgIpc) is 2.93. The first-order chi connectivity index (χ1) is 18.6. The van der Waals surface area contributed by atoms with Crippen LogP contribution in [0.15, 0.2) is 109 Å². The summed E-state index contributed by atoms with van der Waals surface area (Å²) < 4.78 is 40.0. The second-order valence-corrected chi connectivity index (χ2v) is 9.64. The third kappa shape index (κ3) is 5.21. The lowest BCUT2D eigenvalue weighted by molar-refractivity contribution is -0.137. The number of nitrogens with two attached hydrogens (primary N) is 1. The van der Waals surface area contributed by atoms with Crippen molar-refractivity contribution < 1.29 is 18.0 Å². The summed E-state index contributed by atoms with van der Waals surface area (Å²) >= 11 is 0. The third-order valence-electron chi connectivity index (χ3n) is 6.86. The molecule has 0 saturated heterocycles. The SMILES string of the molecule is Cc1ccc(C(=O)c2c(-c3ccccc3)cc(-c3ccc(C)cc3)c(-c3ccc(C(F)(F)F)cc3)c2N)cc1. The second kappa shape index (κ2) is 10.3. The highest BCUT2D eigenvalue weighted by Gasteiger charge is 2.31. The van der Waals surface area contributed by atoms with Crippen LogP contribution >= 0.6 is 0 Å². The zero-order valence-corrected chi connectivity index (χ0v) is 21.5. The number of hydrogen-bond donors (Lipinski definition) is 1. The number of hydrogen-bond acceptors (Lipinski definition) is 2. The molecule has 5 aromatic rings. The summed E-state index contributed by atoms with van der Waals surface area (Å²) in [4.78, 5) is 14.0. The van der Waals surface area contributed by atoms with Gasteiger partial charge in [0.1, 0.15) is 0 Å². The highest BCUT2D eigenvalue weighted by molar-refractivity contribution is 6.19. The molecule has 0 aliphatic rings. The van der Waals surface area contributed by atoms with Crippen LogP contribution in [0.4, 0.5) is 18.9 Å². The summed E-state index contributed by atoms with van der Waals surface area (Å²) in [5.74, 6) is -0.255. The summed E-state index contributed by atoms with van der Waals surface area (Å²) in [7, 11) is 0. The maximum absolute atomic E-state index is 14.0. The molecule has 0 aliphatic heterocycles. The van der Waals surface area contributed by atoms with Crippen LogP contribution < -0.4 is 5.73 Å². The molecule has 0 atom stereocenters. The van der Waals surface area contributed by atoms with Gasteiger partial charge >= 0.3 is 6.18 Å². The number of aryl methyl sites for hydroxylation is 2. The Labute approximate surface area is 225 Å². The molecular formula is C34H26F3NO. The van der Waals surface area contributed by atoms with Crippen LogP contribution in [0, 0.1) is 13.8 Å². The van der Waals surface area contributed by atoms with Gasteiger partial charge in [-0.2, -0.15) is 13.2 Å². The number of nitrogen functional groups attached to an aromatic ring is 1. The number of alkyl halides is 3. The fourth-order valence-electron chi connectivity index (χ4n) is 4.74. The van der Waals surface area contributed by atoms with Crippen molar-refractivity contribution in [2.45, 2.75) is 20.0 Å². The largest absolute Gasteiger partial charge is 0.416 e. The lowest BCUT2D eigenvalue weighted by atomic mass is 9.83. The monoisotopic (exact) mass is 521 g/mol. The van der Waals surface area contributed by atoms with Crippen molar-refractivity contribution >= 4 is 11.5 Å². The zero-order valence-electron chi connectivity index (χ0n) is 21.5. The maximum Gasteiger partial charge on any atom is 0.416 e. The first kappa shape index (κ1) is 26.0. The summed E-state index contributed by atoms with van der Waals surface area (Å²) in [5, 5.41) is 0. The van der Waals surface area contributed by atoms with E-state index in [4.69, 9.17) is 5.73 Å². The van der Waals surface area contributed by atoms with E-state index in [0.29, 0.717) is 27.8 Å². The van der Waals surface area contributed by atoms with E-state index >= 15 is 0 Å². The minimum atomic E-state index is -4.46. The van der Waals surface area contributed by atoms with Gasteiger partial charge < -0.3 is 5.73 Å². The Bertz CT molecular complexity index is 1640. The van der Waals surface area contributed by atoms with Crippen LogP contribution in [0.5, 0.6) is 0 Å². The van der Waals surface area contributed by atoms with Gasteiger partial charge in [0.25, 0.3) is 0 Å². The van der Waals surface area contributed by atoms with Crippen LogP contribution in [0.25, 0.3) is 33.4 Å². The van der Waals surface area contributed by atoms with Crippen molar-refractivity contribution in [2.75, 3.05) is 5.73 Å². The van der Waals surface area contributed by atoms with Crippen molar-refractivity contribution in [1.82, 2.24) is 0 Å². The van der Waals surface area contributed by atoms with E-state index in [1.54, 1.807) is 12.1 Å². The van der Waals surface area contributed by atoms with Gasteiger partial charge in [-0.25, -0.2) is 0 Å². The van der Waals surface area contributed by atoms with Gasteiger partial charge in [-0.3, -0.25) is 4.79 Å². The number of carbonyl (C=O) groups is 1. The molecule has 0 aromatic heterocycles. The second-order valence-electron chi connectivity index (χ2n) is 9.64. The maximum atomic E-state index is 14.0. The van der Waals surface area contributed by atoms with Crippen molar-refractivity contribution in [3.8, 4) is 33.4 Å². The minimum absolute atomic E-state index is 0.220. The number of halogens is 3. The summed E-state index contributed by atoms with van der Waals surface area (Å²) in [6, 6.07) is 31.4. The molecular weight excluding hydrogens is 495 g/mol. The van der Waals surface area contributed by atoms with E-state index in [0.717, 1.165) is 39.9 Å². The Balaban J connectivity index is 1.84. The standard InChI is InChI=1S/C34H26F3NO/c1-21-8-12-24(13-9-21)28-20-29(23-6-4-3-5-7-23)31(33(39)26-14-10-22(2)11-15-26)32(38)30(28)25-16-18-27(19-17-25)34(35,36)37/h3-20H,38H2,1-2H3. The first-order valence-electron chi connectivity index (χ1n) is 12.5. The lowest BCUT2D eigenvalue weighted by Crippen LogP contribution is -2.10. The quantitative estimate of drug-likeness (QED) is 0.185. The van der Waals surface area contributed by atoms with Crippen LogP contribution in [0.2, 0.25) is 0 Å². The van der Waals surface area contributed by atoms with E-state index in [9.17, 15) is 18.0 Å². The van der Waals surface area contributed by atoms with Gasteiger partial charge in [0, 0.05) is 11.1 Å². The molecule has 0 amide bonds. The van der Waals surface area contributed by atoms with Gasteiger partial charge in [-0.15, -0.1) is 0 Å². The summed E-state index contributed by atoms with van der Waals surface area (Å²) in [6.45, 7) is 3.92. The van der Waals surface area contributed by atoms with Crippen molar-refractivity contribution in [2.24, 2.45) is 0 Å². The van der Waals surface area contributed by atoms with Crippen LogP contribution in [-0.4, -0.2) is 5.78 Å². The zero-order chi connectivity index (χ0) is 27.7. The highest BCUT2D eigenvalue weighted by Crippen LogP contribution is 2.44. The Hall–Kier alpha value is -4.64. The predicted molar refractivity (Wildman–Crippen MR) is 152 cm³/mol. The predicted octanol–water partition coefficient (Wildman–Crippen LogP) is 9.14. The van der Waals surface area contributed by atoms with Gasteiger partial charge in [0.2, 0.25) is 0 Å². The molecule has 0 spiro atoms. The third-order valence-corrected chi connectivity index (χ3v) is 6.86. The van der Waals surface area contributed by atoms with E-state index < -0.39 is 11.7 Å². The van der Waals surface area contributed by atoms with Gasteiger partial charge in [0.15, 0.2) is 5.78 Å². The molecule has 5 aromatic carbocycles. The van der Waals surface area contributed by atoms with Crippen LogP contribution in [0.1, 0.15) is 32.6 Å². The Morgan fingerprint density at radius 1 is 0.641 bits per heavy atom. The number of rotatable bonds is 5. The molecule has 2 N–H and O–H groups in total. The number of carbonyl (C=O) groups excluding carboxylic acids is 1. The summed E-state index contributed by atoms with van der Waals surface area (Å²) in [6.07, 6.45) is -4.46. The average molecular weight is 522 g/mol. The smallest absolute Gasteiger partial charge is 0.398 e. The number of anilines is 1. The van der Waals surface area contributed by atoms with Gasteiger partial charge in [-0.05, 0) is 59.9 Å². The topological polar surface area (TPSA) is 43.1 Å². The molecule has 0 fully saturated rings. The molecule has 0 saturated carbocycles. The normalized spacial score (nSPS) is 11.4. The molecule has 0 heterocycles. The molecule has 0 aliphatic carbocycles.